The van der Waals surface area contributed by atoms with Crippen LogP contribution in [0.5, 0.6) is 0 Å². The van der Waals surface area contributed by atoms with Crippen LogP contribution in [0.25, 0.3) is 0 Å². The summed E-state index contributed by atoms with van der Waals surface area (Å²) in [5, 5.41) is 14.8. The number of hydrogen-bond acceptors (Lipinski definition) is 6. The lowest BCUT2D eigenvalue weighted by Gasteiger charge is -2.29. The molecule has 11 nitrogen and oxygen atoms in total. The Morgan fingerprint density at radius 3 is 2.26 bits per heavy atom. The Kier molecular flexibility index (Phi) is 10.2. The second-order valence-corrected chi connectivity index (χ2v) is 9.25. The third kappa shape index (κ3) is 8.36. The first kappa shape index (κ1) is 27.8. The largest absolute Gasteiger partial charge is 0.480 e. The van der Waals surface area contributed by atoms with Gasteiger partial charge in [0.2, 0.25) is 23.6 Å². The molecule has 0 bridgehead atoms. The Labute approximate surface area is 204 Å². The van der Waals surface area contributed by atoms with Crippen LogP contribution in [0.15, 0.2) is 30.3 Å². The molecule has 0 spiro atoms. The molecule has 0 unspecified atom stereocenters. The molecular formula is C24H35N5O6. The maximum Gasteiger partial charge on any atom is 0.326 e. The molecule has 1 heterocycles. The smallest absolute Gasteiger partial charge is 0.326 e. The highest BCUT2D eigenvalue weighted by Crippen LogP contribution is 2.20. The number of carboxylic acids is 1. The van der Waals surface area contributed by atoms with E-state index in [9.17, 15) is 29.1 Å². The topological polar surface area (TPSA) is 185 Å². The van der Waals surface area contributed by atoms with Crippen LogP contribution in [-0.2, 0) is 30.4 Å². The lowest BCUT2D eigenvalue weighted by molar-refractivity contribution is -0.149. The van der Waals surface area contributed by atoms with Crippen LogP contribution < -0.4 is 22.1 Å². The zero-order chi connectivity index (χ0) is 26.1. The van der Waals surface area contributed by atoms with Crippen molar-refractivity contribution in [2.75, 3.05) is 6.54 Å². The summed E-state index contributed by atoms with van der Waals surface area (Å²) >= 11 is 0. The van der Waals surface area contributed by atoms with E-state index in [-0.39, 0.29) is 18.8 Å². The van der Waals surface area contributed by atoms with Crippen LogP contribution >= 0.6 is 0 Å². The average molecular weight is 490 g/mol. The van der Waals surface area contributed by atoms with Crippen molar-refractivity contribution in [2.24, 2.45) is 17.4 Å². The number of nitrogens with one attached hydrogen (secondary N) is 2. The van der Waals surface area contributed by atoms with E-state index in [0.717, 1.165) is 5.56 Å². The summed E-state index contributed by atoms with van der Waals surface area (Å²) in [5.74, 6) is -3.61. The summed E-state index contributed by atoms with van der Waals surface area (Å²) < 4.78 is 0. The van der Waals surface area contributed by atoms with Crippen molar-refractivity contribution in [3.05, 3.63) is 35.9 Å². The van der Waals surface area contributed by atoms with Crippen molar-refractivity contribution < 1.29 is 29.1 Å². The molecule has 1 aliphatic heterocycles. The van der Waals surface area contributed by atoms with Crippen molar-refractivity contribution in [2.45, 2.75) is 70.1 Å². The van der Waals surface area contributed by atoms with E-state index in [1.165, 1.54) is 4.90 Å². The number of nitrogens with two attached hydrogens (primary N) is 2. The minimum absolute atomic E-state index is 0.0290. The van der Waals surface area contributed by atoms with Crippen molar-refractivity contribution in [1.29, 1.82) is 0 Å². The van der Waals surface area contributed by atoms with E-state index >= 15 is 0 Å². The standard InChI is InChI=1S/C24H35N5O6/c1-14(2)11-18(23(33)29-10-6-9-19(29)24(34)35)28-22(32)17(12-15-7-4-3-5-8-15)27-21(31)16(25)13-20(26)30/h3-5,7-8,14,16-19H,6,9-13,25H2,1-2H3,(H2,26,30)(H,27,31)(H,28,32)(H,34,35)/t16-,17-,18-,19-/m0/s1. The summed E-state index contributed by atoms with van der Waals surface area (Å²) in [4.78, 5) is 63.1. The van der Waals surface area contributed by atoms with Crippen LogP contribution in [0.4, 0.5) is 0 Å². The predicted octanol–water partition coefficient (Wildman–Crippen LogP) is -0.477. The Morgan fingerprint density at radius 1 is 1.06 bits per heavy atom. The van der Waals surface area contributed by atoms with Gasteiger partial charge in [-0.05, 0) is 30.7 Å². The number of carbonyl (C=O) groups excluding carboxylic acids is 4. The first-order valence-corrected chi connectivity index (χ1v) is 11.7. The summed E-state index contributed by atoms with van der Waals surface area (Å²) in [6.07, 6.45) is 0.946. The molecule has 7 N–H and O–H groups in total. The summed E-state index contributed by atoms with van der Waals surface area (Å²) in [6.45, 7) is 4.07. The quantitative estimate of drug-likeness (QED) is 0.262. The number of nitrogens with zero attached hydrogens (tertiary/aromatic N) is 1. The molecule has 1 aromatic carbocycles. The first-order valence-electron chi connectivity index (χ1n) is 11.7. The van der Waals surface area contributed by atoms with Gasteiger partial charge in [-0.15, -0.1) is 0 Å². The number of benzene rings is 1. The lowest BCUT2D eigenvalue weighted by atomic mass is 10.00. The third-order valence-corrected chi connectivity index (χ3v) is 5.82. The van der Waals surface area contributed by atoms with E-state index in [4.69, 9.17) is 11.5 Å². The molecule has 11 heteroatoms. The number of carboxylic acid groups (broad SMARTS) is 1. The zero-order valence-electron chi connectivity index (χ0n) is 20.1. The monoisotopic (exact) mass is 489 g/mol. The highest BCUT2D eigenvalue weighted by Gasteiger charge is 2.38. The molecule has 0 aromatic heterocycles. The Morgan fingerprint density at radius 2 is 1.69 bits per heavy atom. The predicted molar refractivity (Wildman–Crippen MR) is 128 cm³/mol. The fraction of sp³-hybridized carbons (Fsp3) is 0.542. The molecule has 0 radical (unpaired) electrons. The second-order valence-electron chi connectivity index (χ2n) is 9.25. The molecule has 1 saturated heterocycles. The maximum absolute atomic E-state index is 13.3. The summed E-state index contributed by atoms with van der Waals surface area (Å²) in [7, 11) is 0. The van der Waals surface area contributed by atoms with Crippen molar-refractivity contribution >= 4 is 29.6 Å². The van der Waals surface area contributed by atoms with Crippen LogP contribution in [0.2, 0.25) is 0 Å². The van der Waals surface area contributed by atoms with E-state index in [1.54, 1.807) is 24.3 Å². The fourth-order valence-corrected chi connectivity index (χ4v) is 4.10. The van der Waals surface area contributed by atoms with Crippen LogP contribution in [0.1, 0.15) is 45.1 Å². The van der Waals surface area contributed by atoms with Gasteiger partial charge in [0.05, 0.1) is 12.5 Å². The molecule has 192 valence electrons. The van der Waals surface area contributed by atoms with Crippen LogP contribution in [0, 0.1) is 5.92 Å². The molecule has 2 rings (SSSR count). The zero-order valence-corrected chi connectivity index (χ0v) is 20.1. The number of carbonyl (C=O) groups is 5. The normalized spacial score (nSPS) is 17.9. The highest BCUT2D eigenvalue weighted by atomic mass is 16.4. The second kappa shape index (κ2) is 12.8. The van der Waals surface area contributed by atoms with Crippen molar-refractivity contribution in [3.8, 4) is 0 Å². The maximum atomic E-state index is 13.3. The Hall–Kier alpha value is -3.47. The Balaban J connectivity index is 2.23. The van der Waals surface area contributed by atoms with Crippen molar-refractivity contribution in [3.63, 3.8) is 0 Å². The number of likely N-dealkylation sites (tertiary alicyclic amines) is 1. The van der Waals surface area contributed by atoms with E-state index < -0.39 is 53.8 Å². The van der Waals surface area contributed by atoms with Crippen LogP contribution in [0.3, 0.4) is 0 Å². The minimum atomic E-state index is -1.23. The molecule has 4 atom stereocenters. The lowest BCUT2D eigenvalue weighted by Crippen LogP contribution is -2.58. The van der Waals surface area contributed by atoms with Gasteiger partial charge in [0.15, 0.2) is 0 Å². The van der Waals surface area contributed by atoms with Gasteiger partial charge < -0.3 is 32.1 Å². The number of primary amides is 1. The Bertz CT molecular complexity index is 922. The summed E-state index contributed by atoms with van der Waals surface area (Å²) in [6, 6.07) is 4.75. The van der Waals surface area contributed by atoms with Gasteiger partial charge in [-0.25, -0.2) is 4.79 Å². The molecule has 1 fully saturated rings. The van der Waals surface area contributed by atoms with Gasteiger partial charge in [0, 0.05) is 13.0 Å². The van der Waals surface area contributed by atoms with E-state index in [1.807, 2.05) is 19.9 Å². The molecule has 1 aliphatic rings. The SMILES string of the molecule is CC(C)C[C@H](NC(=O)[C@H](Cc1ccccc1)NC(=O)[C@@H](N)CC(N)=O)C(=O)N1CCC[C@H]1C(=O)O. The van der Waals surface area contributed by atoms with Gasteiger partial charge in [-0.3, -0.25) is 19.2 Å². The van der Waals surface area contributed by atoms with Gasteiger partial charge in [-0.2, -0.15) is 0 Å². The van der Waals surface area contributed by atoms with E-state index in [2.05, 4.69) is 10.6 Å². The van der Waals surface area contributed by atoms with Gasteiger partial charge in [0.1, 0.15) is 18.1 Å². The molecule has 35 heavy (non-hydrogen) atoms. The number of aliphatic carboxylic acids is 1. The molecule has 4 amide bonds. The summed E-state index contributed by atoms with van der Waals surface area (Å²) in [5.41, 5.74) is 11.6. The van der Waals surface area contributed by atoms with Crippen molar-refractivity contribution in [1.82, 2.24) is 15.5 Å². The number of rotatable bonds is 12. The molecule has 0 saturated carbocycles. The average Bonchev–Trinajstić information content (AvgIpc) is 3.28. The van der Waals surface area contributed by atoms with Gasteiger partial charge >= 0.3 is 5.97 Å². The molecule has 0 aliphatic carbocycles. The third-order valence-electron chi connectivity index (χ3n) is 5.82. The number of hydrogen-bond donors (Lipinski definition) is 5. The first-order chi connectivity index (χ1) is 16.5. The van der Waals surface area contributed by atoms with Gasteiger partial charge in [-0.1, -0.05) is 44.2 Å². The van der Waals surface area contributed by atoms with E-state index in [0.29, 0.717) is 25.8 Å². The molecular weight excluding hydrogens is 454 g/mol. The minimum Gasteiger partial charge on any atom is -0.480 e. The molecule has 1 aromatic rings. The fourth-order valence-electron chi connectivity index (χ4n) is 4.10. The van der Waals surface area contributed by atoms with Gasteiger partial charge in [0.25, 0.3) is 0 Å². The number of amides is 4. The highest BCUT2D eigenvalue weighted by molar-refractivity contribution is 5.95. The van der Waals surface area contributed by atoms with Crippen LogP contribution in [-0.4, -0.2) is 70.3 Å².